The first-order valence-corrected chi connectivity index (χ1v) is 15.0. The molecule has 4 rings (SSSR count). The van der Waals surface area contributed by atoms with Crippen LogP contribution in [0.2, 0.25) is 0 Å². The van der Waals surface area contributed by atoms with Gasteiger partial charge in [-0.05, 0) is 25.7 Å². The fourth-order valence-corrected chi connectivity index (χ4v) is 7.68. The van der Waals surface area contributed by atoms with Gasteiger partial charge in [0.05, 0.1) is 18.9 Å². The summed E-state index contributed by atoms with van der Waals surface area (Å²) in [5, 5.41) is 0. The Kier molecular flexibility index (Phi) is 6.67. The Balaban J connectivity index is 1.28. The van der Waals surface area contributed by atoms with Crippen molar-refractivity contribution < 1.29 is 35.9 Å². The molecule has 0 aromatic carbocycles. The molecule has 0 unspecified atom stereocenters. The molecule has 0 spiro atoms. The number of fused-ring (bicyclic) bond motifs is 4. The minimum atomic E-state index is -3.29. The number of hydrogen-bond donors (Lipinski definition) is 0. The minimum absolute atomic E-state index is 0.00543. The van der Waals surface area contributed by atoms with Gasteiger partial charge in [0.25, 0.3) is 0 Å². The summed E-state index contributed by atoms with van der Waals surface area (Å²) < 4.78 is 61.6. The molecule has 6 atom stereocenters. The maximum Gasteiger partial charge on any atom is 0.334 e. The minimum Gasteiger partial charge on any atom is -0.461 e. The van der Waals surface area contributed by atoms with Crippen molar-refractivity contribution in [2.75, 3.05) is 38.7 Å². The van der Waals surface area contributed by atoms with Crippen LogP contribution in [0.15, 0.2) is 12.2 Å². The molecular weight excluding hydrogens is 472 g/mol. The molecule has 0 radical (unpaired) electrons. The van der Waals surface area contributed by atoms with Crippen molar-refractivity contribution >= 4 is 32.0 Å². The van der Waals surface area contributed by atoms with Gasteiger partial charge in [-0.25, -0.2) is 30.2 Å². The first-order chi connectivity index (χ1) is 15.3. The summed E-state index contributed by atoms with van der Waals surface area (Å²) in [4.78, 5) is 25.1. The molecule has 2 saturated heterocycles. The predicted octanol–water partition coefficient (Wildman–Crippen LogP) is 0.359. The molecule has 4 bridgehead atoms. The van der Waals surface area contributed by atoms with Crippen LogP contribution < -0.4 is 0 Å². The molecule has 0 aromatic rings. The van der Waals surface area contributed by atoms with Crippen LogP contribution in [0.5, 0.6) is 0 Å². The molecule has 0 N–H and O–H groups in total. The Bertz CT molecular complexity index is 1010. The Morgan fingerprint density at radius 2 is 1.12 bits per heavy atom. The predicted molar refractivity (Wildman–Crippen MR) is 119 cm³/mol. The molecule has 10 nitrogen and oxygen atoms in total. The molecule has 0 aromatic heterocycles. The lowest BCUT2D eigenvalue weighted by Crippen LogP contribution is -2.48. The van der Waals surface area contributed by atoms with E-state index in [2.05, 4.69) is 6.58 Å². The third-order valence-corrected chi connectivity index (χ3v) is 9.99. The lowest BCUT2D eigenvalue weighted by atomic mass is 9.96. The van der Waals surface area contributed by atoms with E-state index in [0.29, 0.717) is 26.2 Å². The second kappa shape index (κ2) is 8.94. The van der Waals surface area contributed by atoms with Crippen LogP contribution in [0.4, 0.5) is 0 Å². The van der Waals surface area contributed by atoms with Gasteiger partial charge in [-0.2, -0.15) is 0 Å². The largest absolute Gasteiger partial charge is 0.461 e. The first-order valence-electron chi connectivity index (χ1n) is 11.3. The fraction of sp³-hybridized carbons (Fsp3) is 0.810. The number of sulfonamides is 2. The summed E-state index contributed by atoms with van der Waals surface area (Å²) in [7, 11) is -6.57. The topological polar surface area (TPSA) is 127 Å². The summed E-state index contributed by atoms with van der Waals surface area (Å²) >= 11 is 0. The molecule has 33 heavy (non-hydrogen) atoms. The van der Waals surface area contributed by atoms with Crippen LogP contribution in [0, 0.1) is 23.7 Å². The van der Waals surface area contributed by atoms with E-state index < -0.39 is 32.0 Å². The normalized spacial score (nSPS) is 34.7. The Morgan fingerprint density at radius 3 is 1.48 bits per heavy atom. The summed E-state index contributed by atoms with van der Waals surface area (Å²) in [6, 6.07) is 0. The van der Waals surface area contributed by atoms with Gasteiger partial charge in [-0.15, -0.1) is 0 Å². The average molecular weight is 505 g/mol. The van der Waals surface area contributed by atoms with E-state index >= 15 is 0 Å². The zero-order chi connectivity index (χ0) is 24.1. The molecular formula is C21H32N2O8S2. The third-order valence-electron chi connectivity index (χ3n) is 7.52. The van der Waals surface area contributed by atoms with Crippen LogP contribution in [-0.4, -0.2) is 88.3 Å². The summed E-state index contributed by atoms with van der Waals surface area (Å²) in [6.45, 7) is 5.04. The molecule has 12 heteroatoms. The average Bonchev–Trinajstić information content (AvgIpc) is 3.06. The molecule has 2 aliphatic carbocycles. The number of ether oxygens (including phenoxy) is 2. The van der Waals surface area contributed by atoms with Gasteiger partial charge < -0.3 is 9.47 Å². The second-order valence-electron chi connectivity index (χ2n) is 9.96. The van der Waals surface area contributed by atoms with Crippen molar-refractivity contribution in [3.8, 4) is 0 Å². The van der Waals surface area contributed by atoms with Crippen LogP contribution in [0.25, 0.3) is 0 Å². The molecule has 186 valence electrons. The van der Waals surface area contributed by atoms with E-state index in [-0.39, 0.29) is 47.9 Å². The fourth-order valence-electron chi connectivity index (χ4n) is 5.83. The van der Waals surface area contributed by atoms with Gasteiger partial charge in [0, 0.05) is 55.4 Å². The van der Waals surface area contributed by atoms with Crippen LogP contribution in [-0.2, 0) is 39.1 Å². The zero-order valence-corrected chi connectivity index (χ0v) is 20.6. The van der Waals surface area contributed by atoms with Crippen molar-refractivity contribution in [2.45, 2.75) is 44.3 Å². The first kappa shape index (κ1) is 24.6. The highest BCUT2D eigenvalue weighted by Gasteiger charge is 2.48. The van der Waals surface area contributed by atoms with E-state index in [0.717, 1.165) is 25.7 Å². The monoisotopic (exact) mass is 504 g/mol. The van der Waals surface area contributed by atoms with Crippen LogP contribution in [0.1, 0.15) is 32.1 Å². The lowest BCUT2D eigenvalue weighted by molar-refractivity contribution is -0.157. The van der Waals surface area contributed by atoms with Gasteiger partial charge in [-0.1, -0.05) is 6.58 Å². The molecule has 2 saturated carbocycles. The number of hydrogen-bond acceptors (Lipinski definition) is 8. The van der Waals surface area contributed by atoms with Crippen molar-refractivity contribution in [3.63, 3.8) is 0 Å². The van der Waals surface area contributed by atoms with Crippen LogP contribution >= 0.6 is 0 Å². The smallest absolute Gasteiger partial charge is 0.334 e. The Morgan fingerprint density at radius 1 is 0.758 bits per heavy atom. The maximum absolute atomic E-state index is 12.6. The number of nitrogens with zero attached hydrogens (tertiary/aromatic N) is 2. The van der Waals surface area contributed by atoms with E-state index in [1.807, 2.05) is 0 Å². The zero-order valence-electron chi connectivity index (χ0n) is 19.0. The second-order valence-corrected chi connectivity index (χ2v) is 13.9. The van der Waals surface area contributed by atoms with E-state index in [1.165, 1.54) is 21.1 Å². The van der Waals surface area contributed by atoms with E-state index in [9.17, 15) is 26.4 Å². The van der Waals surface area contributed by atoms with Gasteiger partial charge in [-0.3, -0.25) is 4.79 Å². The number of carbonyl (C=O) groups is 2. The number of rotatable bonds is 7. The quantitative estimate of drug-likeness (QED) is 0.359. The van der Waals surface area contributed by atoms with E-state index in [1.54, 1.807) is 0 Å². The highest BCUT2D eigenvalue weighted by molar-refractivity contribution is 7.88. The highest BCUT2D eigenvalue weighted by Crippen LogP contribution is 2.41. The number of carbonyl (C=O) groups excluding carboxylic acids is 2. The molecule has 4 fully saturated rings. The molecule has 2 heterocycles. The third kappa shape index (κ3) is 5.28. The standard InChI is InChI=1S/C21H32N2O8S2/c1-13(21(25)31-20-16-6-7-17(20)12-23(11-16)33(3,28)29)8-18(24)30-19-14-4-5-15(19)10-22(9-14)32(2,26)27/h14-17,19-20H,1,4-12H2,2-3H3/t14-,15+,16-,17+,19+,20+. The van der Waals surface area contributed by atoms with Crippen molar-refractivity contribution in [1.82, 2.24) is 8.61 Å². The van der Waals surface area contributed by atoms with Gasteiger partial charge in [0.2, 0.25) is 20.0 Å². The molecule has 2 aliphatic heterocycles. The molecule has 0 amide bonds. The lowest BCUT2D eigenvalue weighted by Gasteiger charge is -2.36. The number of esters is 2. The maximum atomic E-state index is 12.6. The Hall–Kier alpha value is -1.50. The Labute approximate surface area is 195 Å². The summed E-state index contributed by atoms with van der Waals surface area (Å²) in [5.74, 6) is -1.43. The highest BCUT2D eigenvalue weighted by atomic mass is 32.2. The van der Waals surface area contributed by atoms with Crippen molar-refractivity contribution in [1.29, 1.82) is 0 Å². The summed E-state index contributed by atoms with van der Waals surface area (Å²) in [5.41, 5.74) is 0.00543. The number of piperidine rings is 2. The van der Waals surface area contributed by atoms with Crippen molar-refractivity contribution in [2.24, 2.45) is 23.7 Å². The van der Waals surface area contributed by atoms with E-state index in [4.69, 9.17) is 9.47 Å². The SMILES string of the molecule is C=C(CC(=O)O[C@H]1[C@@H]2CC[C@H]1CN(S(C)(=O)=O)C2)C(=O)O[C@H]1[C@@H]2CC[C@H]1CN(S(C)(=O)=O)C2. The summed E-state index contributed by atoms with van der Waals surface area (Å²) in [6.07, 6.45) is 4.53. The van der Waals surface area contributed by atoms with Gasteiger partial charge >= 0.3 is 11.9 Å². The van der Waals surface area contributed by atoms with Gasteiger partial charge in [0.1, 0.15) is 12.2 Å². The molecule has 4 aliphatic rings. The van der Waals surface area contributed by atoms with Crippen LogP contribution in [0.3, 0.4) is 0 Å². The van der Waals surface area contributed by atoms with Crippen molar-refractivity contribution in [3.05, 3.63) is 12.2 Å². The van der Waals surface area contributed by atoms with Gasteiger partial charge in [0.15, 0.2) is 0 Å².